The fraction of sp³-hybridized carbons (Fsp3) is 0.423. The molecule has 1 amide bonds. The SMILES string of the molecule is COc1cc(OC)c(Cl)c(-c2ccc3nc(N[C@H]4C[C@@H](CN)N(C(=O)OC(C)(C)C)C4)ncc3c2)c1Cl. The molecule has 3 aromatic rings. The maximum Gasteiger partial charge on any atom is 0.410 e. The van der Waals surface area contributed by atoms with Gasteiger partial charge >= 0.3 is 6.09 Å². The molecule has 0 spiro atoms. The summed E-state index contributed by atoms with van der Waals surface area (Å²) in [6.45, 7) is 6.32. The molecule has 0 radical (unpaired) electrons. The van der Waals surface area contributed by atoms with Gasteiger partial charge in [0.2, 0.25) is 5.95 Å². The van der Waals surface area contributed by atoms with Crippen molar-refractivity contribution >= 4 is 46.1 Å². The lowest BCUT2D eigenvalue weighted by molar-refractivity contribution is 0.0231. The van der Waals surface area contributed by atoms with Crippen LogP contribution in [0.2, 0.25) is 10.0 Å². The molecule has 2 heterocycles. The standard InChI is InChI=1S/C26H31Cl2N5O4/c1-26(2,3)37-25(34)33-13-16(9-17(33)11-29)31-24-30-12-15-8-14(6-7-18(15)32-24)21-22(27)19(35-4)10-20(36-5)23(21)28/h6-8,10,12,16-17H,9,11,13,29H2,1-5H3,(H,30,31,32)/t16-,17-/m0/s1. The Morgan fingerprint density at radius 1 is 1.16 bits per heavy atom. The normalized spacial score (nSPS) is 17.7. The zero-order valence-electron chi connectivity index (χ0n) is 21.5. The van der Waals surface area contributed by atoms with Gasteiger partial charge in [-0.25, -0.2) is 14.8 Å². The van der Waals surface area contributed by atoms with Crippen molar-refractivity contribution in [2.24, 2.45) is 5.73 Å². The molecule has 37 heavy (non-hydrogen) atoms. The van der Waals surface area contributed by atoms with E-state index in [1.165, 1.54) is 14.2 Å². The molecule has 0 saturated carbocycles. The molecule has 198 valence electrons. The molecular weight excluding hydrogens is 517 g/mol. The maximum absolute atomic E-state index is 12.6. The Kier molecular flexibility index (Phi) is 7.87. The number of likely N-dealkylation sites (tertiary alicyclic amines) is 1. The van der Waals surface area contributed by atoms with Crippen LogP contribution >= 0.6 is 23.2 Å². The van der Waals surface area contributed by atoms with Gasteiger partial charge in [-0.05, 0) is 44.9 Å². The largest absolute Gasteiger partial charge is 0.495 e. The Morgan fingerprint density at radius 3 is 2.43 bits per heavy atom. The lowest BCUT2D eigenvalue weighted by atomic mass is 10.0. The van der Waals surface area contributed by atoms with Gasteiger partial charge in [-0.15, -0.1) is 0 Å². The number of anilines is 1. The second kappa shape index (κ2) is 10.8. The van der Waals surface area contributed by atoms with Gasteiger partial charge in [0.05, 0.1) is 29.8 Å². The summed E-state index contributed by atoms with van der Waals surface area (Å²) in [5, 5.41) is 4.91. The van der Waals surface area contributed by atoms with Crippen LogP contribution in [0.15, 0.2) is 30.5 Å². The number of hydrogen-bond donors (Lipinski definition) is 2. The maximum atomic E-state index is 12.6. The fourth-order valence-electron chi connectivity index (χ4n) is 4.37. The fourth-order valence-corrected chi connectivity index (χ4v) is 5.09. The smallest absolute Gasteiger partial charge is 0.410 e. The Hall–Kier alpha value is -3.01. The second-order valence-electron chi connectivity index (χ2n) is 9.85. The van der Waals surface area contributed by atoms with E-state index in [4.69, 9.17) is 43.1 Å². The number of nitrogens with two attached hydrogens (primary N) is 1. The molecule has 1 aliphatic rings. The number of halogens is 2. The number of methoxy groups -OCH3 is 2. The molecule has 2 atom stereocenters. The zero-order valence-corrected chi connectivity index (χ0v) is 23.0. The Labute approximate surface area is 226 Å². The molecule has 0 aliphatic carbocycles. The van der Waals surface area contributed by atoms with Crippen LogP contribution in [-0.4, -0.2) is 66.0 Å². The number of carbonyl (C=O) groups is 1. The first-order valence-corrected chi connectivity index (χ1v) is 12.6. The summed E-state index contributed by atoms with van der Waals surface area (Å²) in [6, 6.07) is 7.15. The molecule has 1 fully saturated rings. The zero-order chi connectivity index (χ0) is 26.9. The Morgan fingerprint density at radius 2 is 1.84 bits per heavy atom. The number of ether oxygens (including phenoxy) is 3. The number of rotatable bonds is 6. The summed E-state index contributed by atoms with van der Waals surface area (Å²) >= 11 is 13.2. The number of nitrogens with one attached hydrogen (secondary N) is 1. The molecule has 3 N–H and O–H groups in total. The minimum atomic E-state index is -0.577. The molecule has 0 bridgehead atoms. The number of nitrogens with zero attached hydrogens (tertiary/aromatic N) is 3. The lowest BCUT2D eigenvalue weighted by Crippen LogP contribution is -2.43. The van der Waals surface area contributed by atoms with Crippen molar-refractivity contribution in [2.45, 2.75) is 44.9 Å². The molecule has 1 aromatic heterocycles. The van der Waals surface area contributed by atoms with Crippen LogP contribution in [0.4, 0.5) is 10.7 Å². The molecule has 1 saturated heterocycles. The van der Waals surface area contributed by atoms with Crippen LogP contribution in [0.3, 0.4) is 0 Å². The van der Waals surface area contributed by atoms with Crippen LogP contribution in [-0.2, 0) is 4.74 Å². The molecule has 9 nitrogen and oxygen atoms in total. The molecular formula is C26H31Cl2N5O4. The number of fused-ring (bicyclic) bond motifs is 1. The van der Waals surface area contributed by atoms with E-state index in [-0.39, 0.29) is 18.2 Å². The first-order valence-electron chi connectivity index (χ1n) is 11.9. The predicted octanol–water partition coefficient (Wildman–Crippen LogP) is 5.37. The molecule has 2 aromatic carbocycles. The van der Waals surface area contributed by atoms with Crippen molar-refractivity contribution in [1.82, 2.24) is 14.9 Å². The monoisotopic (exact) mass is 547 g/mol. The van der Waals surface area contributed by atoms with E-state index in [1.54, 1.807) is 17.2 Å². The van der Waals surface area contributed by atoms with Crippen molar-refractivity contribution in [3.05, 3.63) is 40.5 Å². The summed E-state index contributed by atoms with van der Waals surface area (Å²) in [7, 11) is 3.07. The highest BCUT2D eigenvalue weighted by Crippen LogP contribution is 2.46. The highest BCUT2D eigenvalue weighted by Gasteiger charge is 2.37. The quantitative estimate of drug-likeness (QED) is 0.423. The second-order valence-corrected chi connectivity index (χ2v) is 10.6. The third-order valence-corrected chi connectivity index (χ3v) is 6.84. The number of hydrogen-bond acceptors (Lipinski definition) is 8. The first-order chi connectivity index (χ1) is 17.5. The van der Waals surface area contributed by atoms with Crippen molar-refractivity contribution in [3.8, 4) is 22.6 Å². The van der Waals surface area contributed by atoms with Gasteiger partial charge in [0.15, 0.2) is 0 Å². The molecule has 1 aliphatic heterocycles. The minimum absolute atomic E-state index is 0.0559. The van der Waals surface area contributed by atoms with Crippen molar-refractivity contribution in [3.63, 3.8) is 0 Å². The van der Waals surface area contributed by atoms with Crippen molar-refractivity contribution < 1.29 is 19.0 Å². The van der Waals surface area contributed by atoms with Gasteiger partial charge in [-0.2, -0.15) is 0 Å². The summed E-state index contributed by atoms with van der Waals surface area (Å²) in [5.41, 5.74) is 7.47. The number of aromatic nitrogens is 2. The summed E-state index contributed by atoms with van der Waals surface area (Å²) in [4.78, 5) is 23.5. The van der Waals surface area contributed by atoms with Crippen molar-refractivity contribution in [2.75, 3.05) is 32.6 Å². The van der Waals surface area contributed by atoms with Crippen LogP contribution in [0.25, 0.3) is 22.0 Å². The molecule has 4 rings (SSSR count). The third kappa shape index (κ3) is 5.79. The van der Waals surface area contributed by atoms with Crippen LogP contribution in [0, 0.1) is 0 Å². The van der Waals surface area contributed by atoms with Crippen molar-refractivity contribution in [1.29, 1.82) is 0 Å². The Bertz CT molecular complexity index is 1290. The average Bonchev–Trinajstić information content (AvgIpc) is 3.26. The predicted molar refractivity (Wildman–Crippen MR) is 146 cm³/mol. The number of amides is 1. The first kappa shape index (κ1) is 27.0. The number of benzene rings is 2. The van der Waals surface area contributed by atoms with Gasteiger partial charge in [-0.3, -0.25) is 0 Å². The third-order valence-electron chi connectivity index (χ3n) is 6.09. The highest BCUT2D eigenvalue weighted by atomic mass is 35.5. The van der Waals surface area contributed by atoms with Crippen LogP contribution < -0.4 is 20.5 Å². The van der Waals surface area contributed by atoms with Gasteiger partial charge < -0.3 is 30.2 Å². The van der Waals surface area contributed by atoms with Gasteiger partial charge in [0.25, 0.3) is 0 Å². The van der Waals surface area contributed by atoms with Gasteiger partial charge in [0.1, 0.15) is 17.1 Å². The Balaban J connectivity index is 1.56. The average molecular weight is 548 g/mol. The van der Waals surface area contributed by atoms with E-state index in [1.807, 2.05) is 39.0 Å². The topological polar surface area (TPSA) is 112 Å². The van der Waals surface area contributed by atoms with Crippen LogP contribution in [0.1, 0.15) is 27.2 Å². The number of carbonyl (C=O) groups excluding carboxylic acids is 1. The van der Waals surface area contributed by atoms with E-state index in [0.717, 1.165) is 16.5 Å². The van der Waals surface area contributed by atoms with Gasteiger partial charge in [-0.1, -0.05) is 29.3 Å². The van der Waals surface area contributed by atoms with E-state index < -0.39 is 5.60 Å². The van der Waals surface area contributed by atoms with Crippen LogP contribution in [0.5, 0.6) is 11.5 Å². The van der Waals surface area contributed by atoms with E-state index in [9.17, 15) is 4.79 Å². The summed E-state index contributed by atoms with van der Waals surface area (Å²) in [6.07, 6.45) is 2.03. The van der Waals surface area contributed by atoms with Gasteiger partial charge in [0, 0.05) is 48.4 Å². The highest BCUT2D eigenvalue weighted by molar-refractivity contribution is 6.41. The van der Waals surface area contributed by atoms with E-state index in [2.05, 4.69) is 15.3 Å². The lowest BCUT2D eigenvalue weighted by Gasteiger charge is -2.27. The molecule has 11 heteroatoms. The minimum Gasteiger partial charge on any atom is -0.495 e. The van der Waals surface area contributed by atoms with E-state index >= 15 is 0 Å². The summed E-state index contributed by atoms with van der Waals surface area (Å²) in [5.74, 6) is 1.38. The van der Waals surface area contributed by atoms with E-state index in [0.29, 0.717) is 52.6 Å². The summed E-state index contributed by atoms with van der Waals surface area (Å²) < 4.78 is 16.3. The molecule has 0 unspecified atom stereocenters.